The number of aliphatic hydroxyl groups is 1. The molecule has 0 aromatic carbocycles. The van der Waals surface area contributed by atoms with Crippen LogP contribution in [0.4, 0.5) is 5.82 Å². The average Bonchev–Trinajstić information content (AvgIpc) is 2.85. The summed E-state index contributed by atoms with van der Waals surface area (Å²) in [5.41, 5.74) is 2.68. The average molecular weight is 246 g/mol. The third-order valence-corrected chi connectivity index (χ3v) is 4.47. The van der Waals surface area contributed by atoms with Crippen LogP contribution in [0.1, 0.15) is 43.4 Å². The molecule has 1 saturated carbocycles. The van der Waals surface area contributed by atoms with Crippen molar-refractivity contribution in [3.63, 3.8) is 0 Å². The molecule has 1 aromatic rings. The predicted octanol–water partition coefficient (Wildman–Crippen LogP) is 2.31. The molecule has 98 valence electrons. The number of aliphatic hydroxyl groups excluding tert-OH is 1. The summed E-state index contributed by atoms with van der Waals surface area (Å²) in [6.07, 6.45) is 7.72. The quantitative estimate of drug-likeness (QED) is 0.870. The summed E-state index contributed by atoms with van der Waals surface area (Å²) in [6, 6.07) is 4.58. The van der Waals surface area contributed by atoms with E-state index in [-0.39, 0.29) is 12.1 Å². The van der Waals surface area contributed by atoms with Gasteiger partial charge < -0.3 is 10.0 Å². The molecule has 0 bridgehead atoms. The maximum Gasteiger partial charge on any atom is 0.128 e. The van der Waals surface area contributed by atoms with Gasteiger partial charge in [-0.05, 0) is 43.7 Å². The first-order valence-electron chi connectivity index (χ1n) is 7.15. The van der Waals surface area contributed by atoms with Crippen LogP contribution >= 0.6 is 0 Å². The van der Waals surface area contributed by atoms with Crippen molar-refractivity contribution in [2.45, 2.75) is 57.1 Å². The predicted molar refractivity (Wildman–Crippen MR) is 72.9 cm³/mol. The molecule has 0 radical (unpaired) electrons. The van der Waals surface area contributed by atoms with E-state index in [2.05, 4.69) is 24.1 Å². The molecule has 3 nitrogen and oxygen atoms in total. The molecule has 0 spiro atoms. The van der Waals surface area contributed by atoms with E-state index in [1.165, 1.54) is 30.5 Å². The number of fused-ring (bicyclic) bond motifs is 1. The van der Waals surface area contributed by atoms with Crippen molar-refractivity contribution in [3.8, 4) is 0 Å². The maximum atomic E-state index is 10.1. The van der Waals surface area contributed by atoms with E-state index in [1.54, 1.807) is 0 Å². The molecule has 3 heteroatoms. The molecule has 1 heterocycles. The van der Waals surface area contributed by atoms with Gasteiger partial charge in [0.15, 0.2) is 0 Å². The van der Waals surface area contributed by atoms with Crippen molar-refractivity contribution in [1.29, 1.82) is 0 Å². The summed E-state index contributed by atoms with van der Waals surface area (Å²) in [5.74, 6) is 1.03. The second kappa shape index (κ2) is 4.88. The highest BCUT2D eigenvalue weighted by atomic mass is 16.3. The number of anilines is 1. The number of hydrogen-bond acceptors (Lipinski definition) is 3. The molecule has 18 heavy (non-hydrogen) atoms. The first kappa shape index (κ1) is 12.0. The van der Waals surface area contributed by atoms with Crippen LogP contribution in [0.15, 0.2) is 12.1 Å². The Kier molecular flexibility index (Phi) is 3.25. The Morgan fingerprint density at radius 1 is 1.17 bits per heavy atom. The molecule has 1 aromatic heterocycles. The van der Waals surface area contributed by atoms with Crippen LogP contribution < -0.4 is 4.90 Å². The van der Waals surface area contributed by atoms with E-state index in [0.717, 1.165) is 31.5 Å². The van der Waals surface area contributed by atoms with Crippen molar-refractivity contribution in [3.05, 3.63) is 23.4 Å². The van der Waals surface area contributed by atoms with Crippen LogP contribution in [0.25, 0.3) is 0 Å². The van der Waals surface area contributed by atoms with Crippen molar-refractivity contribution in [2.24, 2.45) is 0 Å². The summed E-state index contributed by atoms with van der Waals surface area (Å²) in [4.78, 5) is 6.96. The fourth-order valence-electron chi connectivity index (χ4n) is 3.32. The van der Waals surface area contributed by atoms with Crippen LogP contribution in [0.5, 0.6) is 0 Å². The number of hydrogen-bond donors (Lipinski definition) is 1. The minimum absolute atomic E-state index is 0.196. The molecule has 0 amide bonds. The molecule has 0 saturated heterocycles. The normalized spacial score (nSPS) is 27.0. The molecule has 1 fully saturated rings. The number of nitrogens with zero attached hydrogens (tertiary/aromatic N) is 2. The first-order chi connectivity index (χ1) is 8.75. The van der Waals surface area contributed by atoms with Gasteiger partial charge in [0.25, 0.3) is 0 Å². The van der Waals surface area contributed by atoms with Crippen LogP contribution in [-0.4, -0.2) is 29.3 Å². The number of aromatic nitrogens is 1. The summed E-state index contributed by atoms with van der Waals surface area (Å²) in [6.45, 7) is 0. The van der Waals surface area contributed by atoms with Gasteiger partial charge in [0, 0.05) is 12.7 Å². The van der Waals surface area contributed by atoms with Crippen LogP contribution in [-0.2, 0) is 12.8 Å². The molecule has 2 aliphatic rings. The monoisotopic (exact) mass is 246 g/mol. The van der Waals surface area contributed by atoms with Crippen LogP contribution in [0.2, 0.25) is 0 Å². The molecule has 3 rings (SSSR count). The van der Waals surface area contributed by atoms with Gasteiger partial charge in [0.05, 0.1) is 12.1 Å². The van der Waals surface area contributed by atoms with Crippen molar-refractivity contribution in [1.82, 2.24) is 4.98 Å². The number of rotatable bonds is 2. The highest BCUT2D eigenvalue weighted by Crippen LogP contribution is 2.28. The number of pyridine rings is 1. The Morgan fingerprint density at radius 3 is 2.83 bits per heavy atom. The Morgan fingerprint density at radius 2 is 2.00 bits per heavy atom. The Balaban J connectivity index is 1.81. The molecular formula is C15H22N2O. The van der Waals surface area contributed by atoms with Gasteiger partial charge in [-0.25, -0.2) is 4.98 Å². The molecule has 0 aliphatic heterocycles. The molecular weight excluding hydrogens is 224 g/mol. The lowest BCUT2D eigenvalue weighted by atomic mass is 9.91. The summed E-state index contributed by atoms with van der Waals surface area (Å²) in [5, 5.41) is 10.1. The highest BCUT2D eigenvalue weighted by molar-refractivity contribution is 5.43. The maximum absolute atomic E-state index is 10.1. The third-order valence-electron chi connectivity index (χ3n) is 4.47. The van der Waals surface area contributed by atoms with Gasteiger partial charge >= 0.3 is 0 Å². The third kappa shape index (κ3) is 2.12. The largest absolute Gasteiger partial charge is 0.391 e. The fourth-order valence-corrected chi connectivity index (χ4v) is 3.32. The smallest absolute Gasteiger partial charge is 0.128 e. The van der Waals surface area contributed by atoms with Gasteiger partial charge in [0.2, 0.25) is 0 Å². The number of likely N-dealkylation sites (N-methyl/N-ethyl adjacent to an activating group) is 1. The Bertz CT molecular complexity index is 433. The second-order valence-electron chi connectivity index (χ2n) is 5.66. The van der Waals surface area contributed by atoms with E-state index < -0.39 is 0 Å². The fraction of sp³-hybridized carbons (Fsp3) is 0.667. The minimum atomic E-state index is -0.196. The lowest BCUT2D eigenvalue weighted by Crippen LogP contribution is -2.43. The zero-order chi connectivity index (χ0) is 12.5. The van der Waals surface area contributed by atoms with Crippen LogP contribution in [0.3, 0.4) is 0 Å². The van der Waals surface area contributed by atoms with E-state index >= 15 is 0 Å². The van der Waals surface area contributed by atoms with Crippen molar-refractivity contribution < 1.29 is 5.11 Å². The molecule has 2 atom stereocenters. The molecule has 2 unspecified atom stereocenters. The van der Waals surface area contributed by atoms with Crippen molar-refractivity contribution >= 4 is 5.82 Å². The first-order valence-corrected chi connectivity index (χ1v) is 7.15. The highest BCUT2D eigenvalue weighted by Gasteiger charge is 2.27. The van der Waals surface area contributed by atoms with Gasteiger partial charge in [0.1, 0.15) is 5.82 Å². The SMILES string of the molecule is CN(c1ccc2c(n1)CCC2)C1CCCCC1O. The van der Waals surface area contributed by atoms with Gasteiger partial charge in [-0.15, -0.1) is 0 Å². The Labute approximate surface area is 109 Å². The summed E-state index contributed by atoms with van der Waals surface area (Å²) >= 11 is 0. The van der Waals surface area contributed by atoms with E-state index in [0.29, 0.717) is 0 Å². The lowest BCUT2D eigenvalue weighted by molar-refractivity contribution is 0.106. The second-order valence-corrected chi connectivity index (χ2v) is 5.66. The topological polar surface area (TPSA) is 36.4 Å². The van der Waals surface area contributed by atoms with Crippen LogP contribution in [0, 0.1) is 0 Å². The number of aryl methyl sites for hydroxylation is 2. The molecule has 1 N–H and O–H groups in total. The zero-order valence-corrected chi connectivity index (χ0v) is 11.1. The summed E-state index contributed by atoms with van der Waals surface area (Å²) in [7, 11) is 2.07. The van der Waals surface area contributed by atoms with Crippen molar-refractivity contribution in [2.75, 3.05) is 11.9 Å². The van der Waals surface area contributed by atoms with E-state index in [9.17, 15) is 5.11 Å². The standard InChI is InChI=1S/C15H22N2O/c1-17(13-7-2-3-8-14(13)18)15-10-9-11-5-4-6-12(11)16-15/h9-10,13-14,18H,2-8H2,1H3. The van der Waals surface area contributed by atoms with Gasteiger partial charge in [-0.1, -0.05) is 18.9 Å². The molecule has 2 aliphatic carbocycles. The van der Waals surface area contributed by atoms with E-state index in [1.807, 2.05) is 0 Å². The van der Waals surface area contributed by atoms with Gasteiger partial charge in [-0.3, -0.25) is 0 Å². The van der Waals surface area contributed by atoms with Gasteiger partial charge in [-0.2, -0.15) is 0 Å². The van der Waals surface area contributed by atoms with E-state index in [4.69, 9.17) is 4.98 Å². The Hall–Kier alpha value is -1.09. The summed E-state index contributed by atoms with van der Waals surface area (Å²) < 4.78 is 0. The minimum Gasteiger partial charge on any atom is -0.391 e. The lowest BCUT2D eigenvalue weighted by Gasteiger charge is -2.36. The zero-order valence-electron chi connectivity index (χ0n) is 11.1.